The van der Waals surface area contributed by atoms with Crippen LogP contribution >= 0.6 is 0 Å². The van der Waals surface area contributed by atoms with Crippen molar-refractivity contribution in [1.82, 2.24) is 10.2 Å². The Labute approximate surface area is 97.5 Å². The zero-order valence-electron chi connectivity index (χ0n) is 10.2. The fraction of sp³-hybridized carbons (Fsp3) is 0.538. The van der Waals surface area contributed by atoms with E-state index in [1.807, 2.05) is 6.92 Å². The van der Waals surface area contributed by atoms with Crippen LogP contribution in [0.15, 0.2) is 36.2 Å². The van der Waals surface area contributed by atoms with Crippen LogP contribution in [0.5, 0.6) is 0 Å². The number of halogens is 1. The average Bonchev–Trinajstić information content (AvgIpc) is 2.25. The van der Waals surface area contributed by atoms with Crippen molar-refractivity contribution in [2.75, 3.05) is 26.2 Å². The number of nitrogens with zero attached hydrogens (tertiary/aromatic N) is 1. The zero-order valence-corrected chi connectivity index (χ0v) is 10.2. The van der Waals surface area contributed by atoms with Crippen LogP contribution in [0.1, 0.15) is 13.8 Å². The quantitative estimate of drug-likeness (QED) is 0.737. The van der Waals surface area contributed by atoms with Gasteiger partial charge in [0.05, 0.1) is 0 Å². The molecule has 1 heterocycles. The molecule has 0 bridgehead atoms. The average molecular weight is 224 g/mol. The van der Waals surface area contributed by atoms with Gasteiger partial charge < -0.3 is 5.32 Å². The van der Waals surface area contributed by atoms with Crippen LogP contribution in [0, 0.1) is 0 Å². The summed E-state index contributed by atoms with van der Waals surface area (Å²) < 4.78 is 13.5. The topological polar surface area (TPSA) is 15.3 Å². The van der Waals surface area contributed by atoms with Gasteiger partial charge in [-0.25, -0.2) is 4.39 Å². The van der Waals surface area contributed by atoms with Gasteiger partial charge in [-0.3, -0.25) is 4.90 Å². The number of hydrogen-bond acceptors (Lipinski definition) is 2. The van der Waals surface area contributed by atoms with Gasteiger partial charge >= 0.3 is 0 Å². The van der Waals surface area contributed by atoms with Crippen molar-refractivity contribution in [3.63, 3.8) is 0 Å². The van der Waals surface area contributed by atoms with Crippen molar-refractivity contribution >= 4 is 0 Å². The fourth-order valence-electron chi connectivity index (χ4n) is 1.86. The van der Waals surface area contributed by atoms with E-state index in [-0.39, 0.29) is 5.83 Å². The minimum Gasteiger partial charge on any atom is -0.312 e. The first kappa shape index (κ1) is 13.1. The zero-order chi connectivity index (χ0) is 12.0. The molecule has 1 saturated heterocycles. The lowest BCUT2D eigenvalue weighted by Gasteiger charge is -2.31. The van der Waals surface area contributed by atoms with Crippen LogP contribution < -0.4 is 5.32 Å². The third-order valence-electron chi connectivity index (χ3n) is 2.70. The van der Waals surface area contributed by atoms with Crippen molar-refractivity contribution < 1.29 is 4.39 Å². The predicted octanol–water partition coefficient (Wildman–Crippen LogP) is 2.27. The summed E-state index contributed by atoms with van der Waals surface area (Å²) in [5.74, 6) is -0.147. The molecule has 1 fully saturated rings. The maximum Gasteiger partial charge on any atom is 0.123 e. The van der Waals surface area contributed by atoms with Gasteiger partial charge in [0.25, 0.3) is 0 Å². The first-order valence-electron chi connectivity index (χ1n) is 5.73. The van der Waals surface area contributed by atoms with Crippen LogP contribution in [0.2, 0.25) is 0 Å². The molecule has 0 aromatic rings. The van der Waals surface area contributed by atoms with Crippen molar-refractivity contribution in [2.45, 2.75) is 19.9 Å². The molecule has 0 aromatic heterocycles. The van der Waals surface area contributed by atoms with Crippen LogP contribution in [-0.4, -0.2) is 37.1 Å². The summed E-state index contributed by atoms with van der Waals surface area (Å²) in [5.41, 5.74) is 0.784. The molecule has 0 amide bonds. The first-order chi connectivity index (χ1) is 7.63. The van der Waals surface area contributed by atoms with E-state index in [9.17, 15) is 4.39 Å². The largest absolute Gasteiger partial charge is 0.312 e. The standard InChI is InChI=1S/C13H21FN2/c1-4-5-6-13(14)11(2)9-16-8-7-15-12(3)10-16/h4-6,12,15H,1,7-10H2,2-3H3/b6-5-,13-11-/t12-/m0/s1. The van der Waals surface area contributed by atoms with E-state index in [2.05, 4.69) is 23.7 Å². The smallest absolute Gasteiger partial charge is 0.123 e. The van der Waals surface area contributed by atoms with E-state index in [1.54, 1.807) is 12.2 Å². The van der Waals surface area contributed by atoms with Crippen LogP contribution in [0.3, 0.4) is 0 Å². The molecule has 0 aliphatic carbocycles. The molecule has 1 aliphatic rings. The molecule has 1 rings (SSSR count). The van der Waals surface area contributed by atoms with Gasteiger partial charge in [0, 0.05) is 32.2 Å². The summed E-state index contributed by atoms with van der Waals surface area (Å²) in [7, 11) is 0. The lowest BCUT2D eigenvalue weighted by atomic mass is 10.2. The molecular weight excluding hydrogens is 203 g/mol. The Kier molecular flexibility index (Phi) is 5.43. The van der Waals surface area contributed by atoms with Gasteiger partial charge in [-0.15, -0.1) is 0 Å². The Morgan fingerprint density at radius 2 is 2.38 bits per heavy atom. The molecule has 0 saturated carbocycles. The van der Waals surface area contributed by atoms with Gasteiger partial charge in [-0.2, -0.15) is 0 Å². The number of hydrogen-bond donors (Lipinski definition) is 1. The predicted molar refractivity (Wildman–Crippen MR) is 67.0 cm³/mol. The van der Waals surface area contributed by atoms with Crippen molar-refractivity contribution in [3.8, 4) is 0 Å². The summed E-state index contributed by atoms with van der Waals surface area (Å²) >= 11 is 0. The van der Waals surface area contributed by atoms with Crippen molar-refractivity contribution in [3.05, 3.63) is 36.2 Å². The lowest BCUT2D eigenvalue weighted by molar-refractivity contribution is 0.221. The van der Waals surface area contributed by atoms with E-state index in [0.717, 1.165) is 25.2 Å². The second-order valence-electron chi connectivity index (χ2n) is 4.31. The van der Waals surface area contributed by atoms with Gasteiger partial charge in [-0.1, -0.05) is 18.7 Å². The summed E-state index contributed by atoms with van der Waals surface area (Å²) in [6.45, 7) is 11.2. The van der Waals surface area contributed by atoms with E-state index < -0.39 is 0 Å². The van der Waals surface area contributed by atoms with Gasteiger partial charge in [0.15, 0.2) is 0 Å². The molecule has 1 N–H and O–H groups in total. The van der Waals surface area contributed by atoms with Gasteiger partial charge in [-0.05, 0) is 25.5 Å². The number of rotatable bonds is 4. The summed E-state index contributed by atoms with van der Waals surface area (Å²) in [6.07, 6.45) is 4.67. The van der Waals surface area contributed by atoms with Crippen LogP contribution in [0.4, 0.5) is 4.39 Å². The monoisotopic (exact) mass is 224 g/mol. The molecule has 1 aliphatic heterocycles. The lowest BCUT2D eigenvalue weighted by Crippen LogP contribution is -2.49. The van der Waals surface area contributed by atoms with E-state index in [0.29, 0.717) is 12.6 Å². The molecule has 0 radical (unpaired) electrons. The SMILES string of the molecule is C=C/C=C\C(F)=C(/C)CN1CCN[C@@H](C)C1. The highest BCUT2D eigenvalue weighted by Crippen LogP contribution is 2.10. The number of nitrogens with one attached hydrogen (secondary N) is 1. The Hall–Kier alpha value is -0.930. The minimum absolute atomic E-state index is 0.147. The molecule has 0 aromatic carbocycles. The highest BCUT2D eigenvalue weighted by atomic mass is 19.1. The maximum absolute atomic E-state index is 13.5. The molecule has 0 spiro atoms. The second kappa shape index (κ2) is 6.61. The molecule has 90 valence electrons. The van der Waals surface area contributed by atoms with E-state index in [1.165, 1.54) is 6.08 Å². The number of piperazine rings is 1. The Balaban J connectivity index is 2.51. The maximum atomic E-state index is 13.5. The number of allylic oxidation sites excluding steroid dienone is 4. The Bertz CT molecular complexity index is 294. The summed E-state index contributed by atoms with van der Waals surface area (Å²) in [5, 5.41) is 3.37. The Morgan fingerprint density at radius 1 is 1.62 bits per heavy atom. The minimum atomic E-state index is -0.147. The van der Waals surface area contributed by atoms with Crippen molar-refractivity contribution in [1.29, 1.82) is 0 Å². The van der Waals surface area contributed by atoms with Crippen LogP contribution in [-0.2, 0) is 0 Å². The highest BCUT2D eigenvalue weighted by Gasteiger charge is 2.15. The Morgan fingerprint density at radius 3 is 3.00 bits per heavy atom. The second-order valence-corrected chi connectivity index (χ2v) is 4.31. The van der Waals surface area contributed by atoms with Gasteiger partial charge in [0.2, 0.25) is 0 Å². The first-order valence-corrected chi connectivity index (χ1v) is 5.73. The molecular formula is C13H21FN2. The van der Waals surface area contributed by atoms with E-state index >= 15 is 0 Å². The van der Waals surface area contributed by atoms with Gasteiger partial charge in [0.1, 0.15) is 5.83 Å². The molecule has 16 heavy (non-hydrogen) atoms. The normalized spacial score (nSPS) is 24.6. The molecule has 0 unspecified atom stereocenters. The highest BCUT2D eigenvalue weighted by molar-refractivity contribution is 5.21. The fourth-order valence-corrected chi connectivity index (χ4v) is 1.86. The molecule has 2 nitrogen and oxygen atoms in total. The third kappa shape index (κ3) is 4.29. The van der Waals surface area contributed by atoms with E-state index in [4.69, 9.17) is 0 Å². The van der Waals surface area contributed by atoms with Crippen molar-refractivity contribution in [2.24, 2.45) is 0 Å². The molecule has 3 heteroatoms. The summed E-state index contributed by atoms with van der Waals surface area (Å²) in [4.78, 5) is 2.28. The van der Waals surface area contributed by atoms with Crippen LogP contribution in [0.25, 0.3) is 0 Å². The molecule has 1 atom stereocenters. The third-order valence-corrected chi connectivity index (χ3v) is 2.70. The summed E-state index contributed by atoms with van der Waals surface area (Å²) in [6, 6.07) is 0.494.